The number of ether oxygens (including phenoxy) is 1. The van der Waals surface area contributed by atoms with E-state index in [0.29, 0.717) is 17.9 Å². The van der Waals surface area contributed by atoms with Crippen molar-refractivity contribution in [3.05, 3.63) is 54.2 Å². The molecule has 2 rings (SSSR count). The van der Waals surface area contributed by atoms with E-state index in [0.717, 1.165) is 5.56 Å². The van der Waals surface area contributed by atoms with Crippen molar-refractivity contribution in [2.45, 2.75) is 37.9 Å². The molecule has 0 saturated carbocycles. The number of likely N-dealkylation sites (N-methyl/N-ethyl adjacent to an activating group) is 1. The molecule has 1 unspecified atom stereocenters. The highest BCUT2D eigenvalue weighted by Crippen LogP contribution is 2.17. The van der Waals surface area contributed by atoms with Crippen molar-refractivity contribution < 1.29 is 37.1 Å². The fourth-order valence-corrected chi connectivity index (χ4v) is 3.25. The third-order valence-electron chi connectivity index (χ3n) is 5.10. The molecular formula is C24H28F3N5O5. The van der Waals surface area contributed by atoms with E-state index in [1.807, 2.05) is 12.1 Å². The Bertz CT molecular complexity index is 1080. The number of esters is 2. The van der Waals surface area contributed by atoms with Gasteiger partial charge in [0, 0.05) is 44.0 Å². The molecule has 200 valence electrons. The van der Waals surface area contributed by atoms with Crippen molar-refractivity contribution >= 4 is 35.3 Å². The maximum absolute atomic E-state index is 12.5. The zero-order chi connectivity index (χ0) is 27.4. The maximum Gasteiger partial charge on any atom is 0.491 e. The number of pyridine rings is 1. The molecule has 0 spiro atoms. The molecule has 0 aliphatic rings. The lowest BCUT2D eigenvalue weighted by Crippen LogP contribution is -2.44. The highest BCUT2D eigenvalue weighted by Gasteiger charge is 2.42. The van der Waals surface area contributed by atoms with E-state index < -0.39 is 36.5 Å². The molecule has 1 aromatic heterocycles. The topological polar surface area (TPSA) is 144 Å². The monoisotopic (exact) mass is 523 g/mol. The normalized spacial score (nSPS) is 11.8. The molecule has 0 fully saturated rings. The lowest BCUT2D eigenvalue weighted by atomic mass is 10.0. The summed E-state index contributed by atoms with van der Waals surface area (Å²) >= 11 is 0. The Morgan fingerprint density at radius 2 is 1.84 bits per heavy atom. The summed E-state index contributed by atoms with van der Waals surface area (Å²) in [5.41, 5.74) is 7.14. The largest absolute Gasteiger partial charge is 0.491 e. The molecule has 1 heterocycles. The quantitative estimate of drug-likeness (QED) is 0.283. The van der Waals surface area contributed by atoms with Crippen LogP contribution in [0.4, 0.5) is 24.7 Å². The SMILES string of the molecule is CN(CC(=O)NC(CCc1ccccc1)CC(=O)OC(=O)C(F)(F)F)C(=O)CCNc1ccnc(N)c1. The molecule has 0 radical (unpaired) electrons. The minimum absolute atomic E-state index is 0.0648. The van der Waals surface area contributed by atoms with Crippen LogP contribution < -0.4 is 16.4 Å². The molecule has 10 nitrogen and oxygen atoms in total. The Labute approximate surface area is 211 Å². The number of nitrogens with zero attached hydrogens (tertiary/aromatic N) is 2. The van der Waals surface area contributed by atoms with Gasteiger partial charge in [-0.2, -0.15) is 13.2 Å². The van der Waals surface area contributed by atoms with Gasteiger partial charge in [0.15, 0.2) is 0 Å². The van der Waals surface area contributed by atoms with Crippen LogP contribution in [0.5, 0.6) is 0 Å². The van der Waals surface area contributed by atoms with Gasteiger partial charge in [0.05, 0.1) is 13.0 Å². The van der Waals surface area contributed by atoms with E-state index in [1.54, 1.807) is 30.3 Å². The van der Waals surface area contributed by atoms with Crippen LogP contribution in [-0.4, -0.2) is 66.0 Å². The van der Waals surface area contributed by atoms with Crippen LogP contribution in [-0.2, 0) is 30.3 Å². The number of nitrogens with two attached hydrogens (primary N) is 1. The second-order valence-electron chi connectivity index (χ2n) is 8.15. The smallest absolute Gasteiger partial charge is 0.386 e. The molecule has 0 aliphatic heterocycles. The number of rotatable bonds is 12. The summed E-state index contributed by atoms with van der Waals surface area (Å²) in [7, 11) is 1.42. The number of anilines is 2. The summed E-state index contributed by atoms with van der Waals surface area (Å²) in [5, 5.41) is 5.55. The number of aryl methyl sites for hydroxylation is 1. The van der Waals surface area contributed by atoms with Crippen molar-refractivity contribution in [3.63, 3.8) is 0 Å². The zero-order valence-electron chi connectivity index (χ0n) is 20.1. The number of hydrogen-bond donors (Lipinski definition) is 3. The predicted molar refractivity (Wildman–Crippen MR) is 128 cm³/mol. The van der Waals surface area contributed by atoms with Gasteiger partial charge < -0.3 is 26.0 Å². The average Bonchev–Trinajstić information content (AvgIpc) is 2.82. The van der Waals surface area contributed by atoms with Crippen molar-refractivity contribution in [1.82, 2.24) is 15.2 Å². The van der Waals surface area contributed by atoms with Crippen LogP contribution in [0.2, 0.25) is 0 Å². The van der Waals surface area contributed by atoms with Gasteiger partial charge >= 0.3 is 18.1 Å². The molecule has 0 saturated heterocycles. The van der Waals surface area contributed by atoms with Gasteiger partial charge in [-0.05, 0) is 24.5 Å². The van der Waals surface area contributed by atoms with Crippen LogP contribution in [0.3, 0.4) is 0 Å². The van der Waals surface area contributed by atoms with E-state index in [2.05, 4.69) is 20.4 Å². The highest BCUT2D eigenvalue weighted by atomic mass is 19.4. The van der Waals surface area contributed by atoms with Crippen LogP contribution in [0.25, 0.3) is 0 Å². The summed E-state index contributed by atoms with van der Waals surface area (Å²) in [6.07, 6.45) is -3.82. The number of amides is 2. The average molecular weight is 524 g/mol. The van der Waals surface area contributed by atoms with Gasteiger partial charge in [0.2, 0.25) is 11.8 Å². The van der Waals surface area contributed by atoms with Gasteiger partial charge in [-0.15, -0.1) is 0 Å². The van der Waals surface area contributed by atoms with E-state index in [9.17, 15) is 32.3 Å². The number of nitrogens with one attached hydrogen (secondary N) is 2. The highest BCUT2D eigenvalue weighted by molar-refractivity contribution is 5.89. The van der Waals surface area contributed by atoms with E-state index in [4.69, 9.17) is 5.73 Å². The Morgan fingerprint density at radius 1 is 1.14 bits per heavy atom. The Balaban J connectivity index is 1.89. The first-order valence-corrected chi connectivity index (χ1v) is 11.3. The summed E-state index contributed by atoms with van der Waals surface area (Å²) in [6.45, 7) is -0.0770. The summed E-state index contributed by atoms with van der Waals surface area (Å²) in [5.74, 6) is -4.70. The number of hydrogen-bond acceptors (Lipinski definition) is 8. The van der Waals surface area contributed by atoms with Gasteiger partial charge in [0.25, 0.3) is 0 Å². The van der Waals surface area contributed by atoms with E-state index in [-0.39, 0.29) is 31.8 Å². The first kappa shape index (κ1) is 29.1. The Kier molecular flexibility index (Phi) is 10.8. The Morgan fingerprint density at radius 3 is 2.49 bits per heavy atom. The first-order chi connectivity index (χ1) is 17.4. The third kappa shape index (κ3) is 11.0. The molecule has 4 N–H and O–H groups in total. The van der Waals surface area contributed by atoms with Crippen molar-refractivity contribution in [3.8, 4) is 0 Å². The molecule has 1 aromatic carbocycles. The van der Waals surface area contributed by atoms with Crippen LogP contribution in [0, 0.1) is 0 Å². The number of nitrogen functional groups attached to an aromatic ring is 1. The minimum atomic E-state index is -5.32. The van der Waals surface area contributed by atoms with Gasteiger partial charge in [0.1, 0.15) is 5.82 Å². The number of aromatic nitrogens is 1. The lowest BCUT2D eigenvalue weighted by molar-refractivity contribution is -0.202. The molecule has 2 aromatic rings. The van der Waals surface area contributed by atoms with Crippen LogP contribution >= 0.6 is 0 Å². The molecule has 37 heavy (non-hydrogen) atoms. The second kappa shape index (κ2) is 13.8. The second-order valence-corrected chi connectivity index (χ2v) is 8.15. The number of alkyl halides is 3. The van der Waals surface area contributed by atoms with Crippen molar-refractivity contribution in [2.75, 3.05) is 31.2 Å². The zero-order valence-corrected chi connectivity index (χ0v) is 20.1. The molecule has 2 amide bonds. The summed E-state index contributed by atoms with van der Waals surface area (Å²) in [6, 6.07) is 11.4. The van der Waals surface area contributed by atoms with Gasteiger partial charge in [-0.1, -0.05) is 30.3 Å². The number of halogens is 3. The first-order valence-electron chi connectivity index (χ1n) is 11.3. The molecule has 13 heteroatoms. The fraction of sp³-hybridized carbons (Fsp3) is 0.375. The summed E-state index contributed by atoms with van der Waals surface area (Å²) < 4.78 is 41.1. The van der Waals surface area contributed by atoms with Gasteiger partial charge in [-0.25, -0.2) is 9.78 Å². The predicted octanol–water partition coefficient (Wildman–Crippen LogP) is 2.06. The Hall–Kier alpha value is -4.16. The number of carbonyl (C=O) groups is 4. The minimum Gasteiger partial charge on any atom is -0.386 e. The van der Waals surface area contributed by atoms with Crippen LogP contribution in [0.15, 0.2) is 48.7 Å². The van der Waals surface area contributed by atoms with Crippen LogP contribution in [0.1, 0.15) is 24.8 Å². The van der Waals surface area contributed by atoms with Crippen molar-refractivity contribution in [1.29, 1.82) is 0 Å². The van der Waals surface area contributed by atoms with Crippen molar-refractivity contribution in [2.24, 2.45) is 0 Å². The lowest BCUT2D eigenvalue weighted by Gasteiger charge is -2.21. The third-order valence-corrected chi connectivity index (χ3v) is 5.10. The van der Waals surface area contributed by atoms with E-state index in [1.165, 1.54) is 18.1 Å². The van der Waals surface area contributed by atoms with Gasteiger partial charge in [-0.3, -0.25) is 14.4 Å². The number of carbonyl (C=O) groups excluding carboxylic acids is 4. The molecule has 1 atom stereocenters. The van der Waals surface area contributed by atoms with E-state index >= 15 is 0 Å². The molecular weight excluding hydrogens is 495 g/mol. The molecule has 0 bridgehead atoms. The molecule has 0 aliphatic carbocycles. The standard InChI is InChI=1S/C24H28F3N5O5/c1-32(21(34)10-12-29-17-9-11-30-19(28)13-17)15-20(33)31-18(8-7-16-5-3-2-4-6-16)14-22(35)37-23(36)24(25,26)27/h2-6,9,11,13,18H,7-8,10,12,14-15H2,1H3,(H,31,33)(H3,28,29,30). The number of benzene rings is 1. The maximum atomic E-state index is 12.5. The fourth-order valence-electron chi connectivity index (χ4n) is 3.25. The summed E-state index contributed by atoms with van der Waals surface area (Å²) in [4.78, 5) is 52.8.